The summed E-state index contributed by atoms with van der Waals surface area (Å²) in [5.41, 5.74) is 2.88. The summed E-state index contributed by atoms with van der Waals surface area (Å²) in [4.78, 5) is 14.2. The summed E-state index contributed by atoms with van der Waals surface area (Å²) >= 11 is 0. The van der Waals surface area contributed by atoms with Crippen LogP contribution in [-0.2, 0) is 37.1 Å². The number of nitrogens with zero attached hydrogens (tertiary/aromatic N) is 1. The molecule has 1 N–H and O–H groups in total. The third kappa shape index (κ3) is 3.08. The molecule has 1 amide bonds. The van der Waals surface area contributed by atoms with E-state index in [1.165, 1.54) is 0 Å². The number of ether oxygens (including phenoxy) is 2. The van der Waals surface area contributed by atoms with E-state index in [0.717, 1.165) is 36.1 Å². The van der Waals surface area contributed by atoms with Crippen molar-refractivity contribution >= 4 is 21.6 Å². The number of nitrogens with one attached hydrogen (secondary N) is 1. The van der Waals surface area contributed by atoms with Gasteiger partial charge in [-0.2, -0.15) is 0 Å². The minimum Gasteiger partial charge on any atom is -0.373 e. The average molecular weight is 392 g/mol. The highest BCUT2D eigenvalue weighted by Crippen LogP contribution is 2.38. The van der Waals surface area contributed by atoms with Crippen LogP contribution in [-0.4, -0.2) is 52.3 Å². The molecule has 3 heterocycles. The molecule has 3 aliphatic heterocycles. The first kappa shape index (κ1) is 17.6. The van der Waals surface area contributed by atoms with Crippen LogP contribution in [0.1, 0.15) is 36.8 Å². The number of fused-ring (bicyclic) bond motifs is 1. The van der Waals surface area contributed by atoms with Crippen molar-refractivity contribution in [2.45, 2.75) is 61.7 Å². The van der Waals surface area contributed by atoms with E-state index in [0.29, 0.717) is 43.9 Å². The zero-order valence-corrected chi connectivity index (χ0v) is 16.0. The topological polar surface area (TPSA) is 84.9 Å². The van der Waals surface area contributed by atoms with Gasteiger partial charge in [-0.1, -0.05) is 0 Å². The third-order valence-corrected chi connectivity index (χ3v) is 7.64. The van der Waals surface area contributed by atoms with Gasteiger partial charge in [0, 0.05) is 19.0 Å². The SMILES string of the molecule is O=C1CCc2cc(S(=O)(=O)N[C@@H]3CC[C@@H]4OCCO[C@@H]4C3)cc3c2N1CC3. The zero-order chi connectivity index (χ0) is 18.6. The molecular formula is C19H24N2O5S. The molecule has 1 aromatic carbocycles. The van der Waals surface area contributed by atoms with E-state index in [-0.39, 0.29) is 24.2 Å². The smallest absolute Gasteiger partial charge is 0.240 e. The van der Waals surface area contributed by atoms with Crippen LogP contribution in [0.15, 0.2) is 17.0 Å². The van der Waals surface area contributed by atoms with E-state index in [1.54, 1.807) is 17.0 Å². The van der Waals surface area contributed by atoms with Crippen molar-refractivity contribution in [3.8, 4) is 0 Å². The van der Waals surface area contributed by atoms with Crippen molar-refractivity contribution in [1.82, 2.24) is 4.72 Å². The van der Waals surface area contributed by atoms with Gasteiger partial charge in [-0.25, -0.2) is 13.1 Å². The number of anilines is 1. The van der Waals surface area contributed by atoms with Crippen molar-refractivity contribution in [1.29, 1.82) is 0 Å². The Bertz CT molecular complexity index is 884. The Balaban J connectivity index is 1.37. The summed E-state index contributed by atoms with van der Waals surface area (Å²) in [7, 11) is -3.61. The maximum Gasteiger partial charge on any atom is 0.240 e. The van der Waals surface area contributed by atoms with Crippen molar-refractivity contribution < 1.29 is 22.7 Å². The van der Waals surface area contributed by atoms with E-state index in [2.05, 4.69) is 4.72 Å². The van der Waals surface area contributed by atoms with Crippen molar-refractivity contribution in [3.63, 3.8) is 0 Å². The van der Waals surface area contributed by atoms with Crippen LogP contribution in [0.4, 0.5) is 5.69 Å². The molecule has 7 nitrogen and oxygen atoms in total. The molecule has 27 heavy (non-hydrogen) atoms. The molecular weight excluding hydrogens is 368 g/mol. The van der Waals surface area contributed by atoms with Crippen LogP contribution in [0.5, 0.6) is 0 Å². The maximum atomic E-state index is 13.0. The fourth-order valence-corrected chi connectivity index (χ4v) is 6.23. The van der Waals surface area contributed by atoms with Crippen molar-refractivity contribution in [2.24, 2.45) is 0 Å². The monoisotopic (exact) mass is 392 g/mol. The second-order valence-electron chi connectivity index (χ2n) is 7.84. The zero-order valence-electron chi connectivity index (χ0n) is 15.1. The lowest BCUT2D eigenvalue weighted by Crippen LogP contribution is -2.49. The molecule has 1 saturated carbocycles. The molecule has 0 spiro atoms. The van der Waals surface area contributed by atoms with E-state index in [9.17, 15) is 13.2 Å². The molecule has 0 aromatic heterocycles. The summed E-state index contributed by atoms with van der Waals surface area (Å²) in [5, 5.41) is 0. The molecule has 2 fully saturated rings. The van der Waals surface area contributed by atoms with Crippen molar-refractivity contribution in [3.05, 3.63) is 23.3 Å². The first-order chi connectivity index (χ1) is 13.0. The van der Waals surface area contributed by atoms with Crippen molar-refractivity contribution in [2.75, 3.05) is 24.7 Å². The summed E-state index contributed by atoms with van der Waals surface area (Å²) in [6, 6.07) is 3.35. The molecule has 0 unspecified atom stereocenters. The largest absolute Gasteiger partial charge is 0.373 e. The molecule has 5 rings (SSSR count). The number of carbonyl (C=O) groups excluding carboxylic acids is 1. The second kappa shape index (κ2) is 6.55. The molecule has 0 radical (unpaired) electrons. The summed E-state index contributed by atoms with van der Waals surface area (Å²) in [5.74, 6) is 0.140. The van der Waals surface area contributed by atoms with Gasteiger partial charge >= 0.3 is 0 Å². The van der Waals surface area contributed by atoms with Crippen LogP contribution >= 0.6 is 0 Å². The van der Waals surface area contributed by atoms with Gasteiger partial charge in [0.2, 0.25) is 15.9 Å². The summed E-state index contributed by atoms with van der Waals surface area (Å²) in [6.07, 6.45) is 4.05. The lowest BCUT2D eigenvalue weighted by Gasteiger charge is -2.38. The lowest BCUT2D eigenvalue weighted by molar-refractivity contribution is -0.156. The fraction of sp³-hybridized carbons (Fsp3) is 0.632. The standard InChI is InChI=1S/C19H24N2O5S/c22-18-4-1-12-9-15(10-13-5-6-21(18)19(12)13)27(23,24)20-14-2-3-16-17(11-14)26-8-7-25-16/h9-10,14,16-17,20H,1-8,11H2/t14-,16+,17-/m1/s1. The number of amides is 1. The average Bonchev–Trinajstić information content (AvgIpc) is 3.10. The highest BCUT2D eigenvalue weighted by atomic mass is 32.2. The summed E-state index contributed by atoms with van der Waals surface area (Å²) < 4.78 is 40.4. The van der Waals surface area contributed by atoms with Crippen LogP contribution in [0.2, 0.25) is 0 Å². The van der Waals surface area contributed by atoms with Gasteiger partial charge in [0.25, 0.3) is 0 Å². The van der Waals surface area contributed by atoms with Gasteiger partial charge in [0.15, 0.2) is 0 Å². The van der Waals surface area contributed by atoms with Crippen LogP contribution in [0.25, 0.3) is 0 Å². The highest BCUT2D eigenvalue weighted by Gasteiger charge is 2.37. The Morgan fingerprint density at radius 2 is 1.74 bits per heavy atom. The molecule has 1 saturated heterocycles. The van der Waals surface area contributed by atoms with E-state index < -0.39 is 10.0 Å². The molecule has 3 atom stereocenters. The Hall–Kier alpha value is -1.48. The molecule has 4 aliphatic rings. The second-order valence-corrected chi connectivity index (χ2v) is 9.55. The van der Waals surface area contributed by atoms with Gasteiger partial charge in [0.1, 0.15) is 0 Å². The molecule has 8 heteroatoms. The Morgan fingerprint density at radius 3 is 2.56 bits per heavy atom. The summed E-state index contributed by atoms with van der Waals surface area (Å²) in [6.45, 7) is 1.85. The minimum atomic E-state index is -3.61. The Morgan fingerprint density at radius 1 is 1.00 bits per heavy atom. The number of rotatable bonds is 3. The number of carbonyl (C=O) groups is 1. The number of sulfonamides is 1. The van der Waals surface area contributed by atoms with Gasteiger partial charge in [0.05, 0.1) is 36.0 Å². The molecule has 0 bridgehead atoms. The van der Waals surface area contributed by atoms with E-state index in [4.69, 9.17) is 9.47 Å². The van der Waals surface area contributed by atoms with Gasteiger partial charge in [-0.15, -0.1) is 0 Å². The number of benzene rings is 1. The minimum absolute atomic E-state index is 0.0269. The third-order valence-electron chi connectivity index (χ3n) is 6.14. The maximum absolute atomic E-state index is 13.0. The number of hydrogen-bond acceptors (Lipinski definition) is 5. The number of hydrogen-bond donors (Lipinski definition) is 1. The van der Waals surface area contributed by atoms with Crippen LogP contribution in [0, 0.1) is 0 Å². The van der Waals surface area contributed by atoms with E-state index >= 15 is 0 Å². The highest BCUT2D eigenvalue weighted by molar-refractivity contribution is 7.89. The first-order valence-corrected chi connectivity index (χ1v) is 11.2. The van der Waals surface area contributed by atoms with Crippen LogP contribution in [0.3, 0.4) is 0 Å². The van der Waals surface area contributed by atoms with Gasteiger partial charge < -0.3 is 14.4 Å². The Kier molecular flexibility index (Phi) is 4.27. The molecule has 1 aliphatic carbocycles. The van der Waals surface area contributed by atoms with Crippen LogP contribution < -0.4 is 9.62 Å². The molecule has 1 aromatic rings. The van der Waals surface area contributed by atoms with Gasteiger partial charge in [-0.05, 0) is 55.4 Å². The number of aryl methyl sites for hydroxylation is 1. The predicted molar refractivity (Wildman–Crippen MR) is 98.3 cm³/mol. The normalized spacial score (nSPS) is 30.1. The predicted octanol–water partition coefficient (Wildman–Crippen LogP) is 1.14. The van der Waals surface area contributed by atoms with E-state index in [1.807, 2.05) is 0 Å². The molecule has 146 valence electrons. The lowest BCUT2D eigenvalue weighted by atomic mass is 9.90. The quantitative estimate of drug-likeness (QED) is 0.834. The first-order valence-electron chi connectivity index (χ1n) is 9.73. The van der Waals surface area contributed by atoms with Gasteiger partial charge in [-0.3, -0.25) is 4.79 Å². The Labute approximate surface area is 159 Å². The fourth-order valence-electron chi connectivity index (χ4n) is 4.84.